The van der Waals surface area contributed by atoms with E-state index in [1.165, 1.54) is 0 Å². The third kappa shape index (κ3) is 11.6. The molecule has 0 bridgehead atoms. The average molecular weight is 543 g/mol. The predicted octanol–water partition coefficient (Wildman–Crippen LogP) is 5.95. The lowest BCUT2D eigenvalue weighted by molar-refractivity contribution is 0.107. The zero-order valence-corrected chi connectivity index (χ0v) is 26.1. The summed E-state index contributed by atoms with van der Waals surface area (Å²) in [4.78, 5) is 0. The Balaban J connectivity index is 4.21. The van der Waals surface area contributed by atoms with Crippen LogP contribution in [0.5, 0.6) is 0 Å². The highest BCUT2D eigenvalue weighted by atomic mass is 32.2. The fourth-order valence-electron chi connectivity index (χ4n) is 4.96. The van der Waals surface area contributed by atoms with E-state index in [0.717, 1.165) is 88.6 Å². The maximum atomic E-state index is 12.4. The molecule has 2 unspecified atom stereocenters. The standard InChI is InChI=1S/C24H54O7SSi2/c1-9-17-23(33(26-3,27-4)28-5)19-13-11-15-21-32(25)22-16-12-14-20-24(18-10-2)34(29-6,30-7)31-8/h23-24H,9-22H2,1-8H3. The van der Waals surface area contributed by atoms with Gasteiger partial charge in [-0.2, -0.15) is 0 Å². The van der Waals surface area contributed by atoms with E-state index in [1.54, 1.807) is 42.7 Å². The summed E-state index contributed by atoms with van der Waals surface area (Å²) in [6.07, 6.45) is 12.7. The summed E-state index contributed by atoms with van der Waals surface area (Å²) in [6.45, 7) is 4.37. The van der Waals surface area contributed by atoms with E-state index >= 15 is 0 Å². The Labute approximate surface area is 215 Å². The van der Waals surface area contributed by atoms with Gasteiger partial charge < -0.3 is 26.6 Å². The van der Waals surface area contributed by atoms with Gasteiger partial charge >= 0.3 is 17.6 Å². The van der Waals surface area contributed by atoms with Crippen molar-refractivity contribution in [3.63, 3.8) is 0 Å². The Morgan fingerprint density at radius 1 is 0.529 bits per heavy atom. The summed E-state index contributed by atoms with van der Waals surface area (Å²) in [7, 11) is 4.26. The smallest absolute Gasteiger partial charge is 0.377 e. The molecule has 0 aliphatic rings. The minimum atomic E-state index is -2.59. The lowest BCUT2D eigenvalue weighted by Crippen LogP contribution is -2.47. The molecule has 0 saturated carbocycles. The van der Waals surface area contributed by atoms with E-state index in [-0.39, 0.29) is 0 Å². The summed E-state index contributed by atoms with van der Waals surface area (Å²) in [6, 6.07) is 0. The van der Waals surface area contributed by atoms with E-state index in [2.05, 4.69) is 13.8 Å². The third-order valence-electron chi connectivity index (χ3n) is 6.83. The molecular weight excluding hydrogens is 488 g/mol. The molecule has 0 radical (unpaired) electrons. The van der Waals surface area contributed by atoms with E-state index < -0.39 is 28.4 Å². The molecule has 0 aromatic carbocycles. The van der Waals surface area contributed by atoms with Crippen LogP contribution in [0.1, 0.15) is 90.9 Å². The van der Waals surface area contributed by atoms with Gasteiger partial charge in [-0.25, -0.2) is 0 Å². The van der Waals surface area contributed by atoms with Crippen LogP contribution in [-0.2, 0) is 37.4 Å². The maximum absolute atomic E-state index is 12.4. The Morgan fingerprint density at radius 3 is 1.12 bits per heavy atom. The highest BCUT2D eigenvalue weighted by Gasteiger charge is 2.46. The Bertz CT molecular complexity index is 447. The van der Waals surface area contributed by atoms with Gasteiger partial charge in [-0.1, -0.05) is 52.4 Å². The molecule has 0 aromatic rings. The number of unbranched alkanes of at least 4 members (excludes halogenated alkanes) is 4. The molecule has 0 aliphatic carbocycles. The fourth-order valence-corrected chi connectivity index (χ4v) is 11.6. The quantitative estimate of drug-likeness (QED) is 0.110. The first kappa shape index (κ1) is 34.3. The van der Waals surface area contributed by atoms with E-state index in [9.17, 15) is 4.21 Å². The van der Waals surface area contributed by atoms with E-state index in [1.807, 2.05) is 0 Å². The highest BCUT2D eigenvalue weighted by Crippen LogP contribution is 2.35. The van der Waals surface area contributed by atoms with Crippen molar-refractivity contribution in [3.05, 3.63) is 0 Å². The minimum Gasteiger partial charge on any atom is -0.377 e. The van der Waals surface area contributed by atoms with Crippen LogP contribution in [-0.4, -0.2) is 76.0 Å². The molecule has 0 N–H and O–H groups in total. The zero-order valence-electron chi connectivity index (χ0n) is 23.3. The van der Waals surface area contributed by atoms with Crippen molar-refractivity contribution in [2.24, 2.45) is 0 Å². The fraction of sp³-hybridized carbons (Fsp3) is 1.00. The summed E-state index contributed by atoms with van der Waals surface area (Å²) >= 11 is 0. The third-order valence-corrected chi connectivity index (χ3v) is 14.9. The molecule has 0 saturated heterocycles. The molecular formula is C24H54O7SSi2. The molecule has 2 atom stereocenters. The number of hydrogen-bond acceptors (Lipinski definition) is 7. The summed E-state index contributed by atoms with van der Waals surface area (Å²) in [5.41, 5.74) is 0.659. The lowest BCUT2D eigenvalue weighted by atomic mass is 10.1. The van der Waals surface area contributed by atoms with E-state index in [0.29, 0.717) is 11.1 Å². The molecule has 0 aliphatic heterocycles. The van der Waals surface area contributed by atoms with Crippen molar-refractivity contribution in [3.8, 4) is 0 Å². The Hall–Kier alpha value is 0.344. The molecule has 0 spiro atoms. The number of rotatable bonds is 24. The van der Waals surface area contributed by atoms with Gasteiger partial charge in [-0.05, 0) is 38.5 Å². The van der Waals surface area contributed by atoms with Gasteiger partial charge in [0.15, 0.2) is 0 Å². The first-order valence-corrected chi connectivity index (χ1v) is 18.1. The normalized spacial score (nSPS) is 15.4. The summed E-state index contributed by atoms with van der Waals surface area (Å²) in [5.74, 6) is 1.59. The summed E-state index contributed by atoms with van der Waals surface area (Å²) in [5, 5.41) is 0. The van der Waals surface area contributed by atoms with Crippen molar-refractivity contribution in [2.45, 2.75) is 102 Å². The van der Waals surface area contributed by atoms with Gasteiger partial charge in [0.25, 0.3) is 0 Å². The second-order valence-corrected chi connectivity index (χ2v) is 17.1. The highest BCUT2D eigenvalue weighted by molar-refractivity contribution is 7.84. The van der Waals surface area contributed by atoms with Gasteiger partial charge in [0.05, 0.1) is 0 Å². The topological polar surface area (TPSA) is 72.5 Å². The van der Waals surface area contributed by atoms with Crippen LogP contribution in [0.25, 0.3) is 0 Å². The Kier molecular flexibility index (Phi) is 20.6. The molecule has 0 rings (SSSR count). The molecule has 10 heteroatoms. The van der Waals surface area contributed by atoms with Crippen molar-refractivity contribution in [2.75, 3.05) is 54.2 Å². The molecule has 206 valence electrons. The molecule has 0 aromatic heterocycles. The minimum absolute atomic E-state index is 0.329. The maximum Gasteiger partial charge on any atom is 0.503 e. The van der Waals surface area contributed by atoms with Crippen LogP contribution in [0, 0.1) is 0 Å². The second-order valence-electron chi connectivity index (χ2n) is 8.95. The molecule has 0 heterocycles. The largest absolute Gasteiger partial charge is 0.503 e. The molecule has 34 heavy (non-hydrogen) atoms. The molecule has 7 nitrogen and oxygen atoms in total. The Morgan fingerprint density at radius 2 is 0.853 bits per heavy atom. The summed E-state index contributed by atoms with van der Waals surface area (Å²) < 4.78 is 46.7. The van der Waals surface area contributed by atoms with Gasteiger partial charge in [0, 0.05) is 76.0 Å². The van der Waals surface area contributed by atoms with Crippen LogP contribution in [0.4, 0.5) is 0 Å². The monoisotopic (exact) mass is 542 g/mol. The molecule has 0 fully saturated rings. The van der Waals surface area contributed by atoms with E-state index in [4.69, 9.17) is 26.6 Å². The van der Waals surface area contributed by atoms with Crippen LogP contribution in [0.15, 0.2) is 0 Å². The molecule has 0 amide bonds. The van der Waals surface area contributed by atoms with Crippen LogP contribution >= 0.6 is 0 Å². The SMILES string of the molecule is CCCC(CCCCCS(=O)CCCCCC(CCC)[Si](OC)(OC)OC)[Si](OC)(OC)OC. The first-order valence-electron chi connectivity index (χ1n) is 13.0. The van der Waals surface area contributed by atoms with Crippen LogP contribution < -0.4 is 0 Å². The number of hydrogen-bond donors (Lipinski definition) is 0. The van der Waals surface area contributed by atoms with Gasteiger partial charge in [0.1, 0.15) is 0 Å². The van der Waals surface area contributed by atoms with Gasteiger partial charge in [-0.3, -0.25) is 4.21 Å². The van der Waals surface area contributed by atoms with Gasteiger partial charge in [0.2, 0.25) is 0 Å². The predicted molar refractivity (Wildman–Crippen MR) is 146 cm³/mol. The van der Waals surface area contributed by atoms with Gasteiger partial charge in [-0.15, -0.1) is 0 Å². The van der Waals surface area contributed by atoms with Crippen LogP contribution in [0.2, 0.25) is 11.1 Å². The first-order chi connectivity index (χ1) is 16.4. The zero-order chi connectivity index (χ0) is 25.9. The van der Waals surface area contributed by atoms with Crippen LogP contribution in [0.3, 0.4) is 0 Å². The van der Waals surface area contributed by atoms with Crippen molar-refractivity contribution in [1.82, 2.24) is 0 Å². The van der Waals surface area contributed by atoms with Crippen molar-refractivity contribution in [1.29, 1.82) is 0 Å². The van der Waals surface area contributed by atoms with Crippen molar-refractivity contribution < 1.29 is 30.8 Å². The average Bonchev–Trinajstić information content (AvgIpc) is 2.86. The van der Waals surface area contributed by atoms with Crippen molar-refractivity contribution >= 4 is 28.4 Å². The lowest BCUT2D eigenvalue weighted by Gasteiger charge is -2.32. The second kappa shape index (κ2) is 20.4.